The van der Waals surface area contributed by atoms with Crippen LogP contribution in [0, 0.1) is 5.82 Å². The van der Waals surface area contributed by atoms with Crippen LogP contribution in [0.4, 0.5) is 9.18 Å². The molecular weight excluding hydrogens is 291 g/mol. The monoisotopic (exact) mass is 299 g/mol. The summed E-state index contributed by atoms with van der Waals surface area (Å²) in [7, 11) is 0. The van der Waals surface area contributed by atoms with Gasteiger partial charge in [0.15, 0.2) is 0 Å². The average molecular weight is 301 g/mol. The van der Waals surface area contributed by atoms with Crippen molar-refractivity contribution in [2.24, 2.45) is 0 Å². The first-order valence-corrected chi connectivity index (χ1v) is 5.42. The smallest absolute Gasteiger partial charge is 0.407 e. The number of nitrogens with one attached hydrogen (secondary N) is 1. The lowest BCUT2D eigenvalue weighted by Crippen LogP contribution is -2.35. The minimum atomic E-state index is -0.577. The van der Waals surface area contributed by atoms with Crippen molar-refractivity contribution in [2.45, 2.75) is 12.5 Å². The normalized spacial score (nSPS) is 19.0. The number of rotatable bonds is 1. The summed E-state index contributed by atoms with van der Waals surface area (Å²) in [5.74, 6) is -0.485. The van der Waals surface area contributed by atoms with Crippen molar-refractivity contribution in [1.82, 2.24) is 5.32 Å². The first kappa shape index (κ1) is 14.4. The van der Waals surface area contributed by atoms with Gasteiger partial charge in [0.25, 0.3) is 0 Å². The Balaban J connectivity index is 0.00000144. The van der Waals surface area contributed by atoms with E-state index in [0.29, 0.717) is 6.42 Å². The SMILES string of the molecule is Cl.O=C1N[C@@H](c2c(F)ccc(Cl)c2Cl)CCO1. The largest absolute Gasteiger partial charge is 0.449 e. The second kappa shape index (κ2) is 5.76. The average Bonchev–Trinajstić information content (AvgIpc) is 2.24. The molecule has 1 heterocycles. The van der Waals surface area contributed by atoms with E-state index < -0.39 is 18.0 Å². The molecule has 1 atom stereocenters. The molecule has 1 aromatic rings. The number of alkyl carbamates (subject to hydrolysis) is 1. The van der Waals surface area contributed by atoms with Crippen molar-refractivity contribution in [3.05, 3.63) is 33.6 Å². The number of ether oxygens (including phenoxy) is 1. The van der Waals surface area contributed by atoms with Crippen molar-refractivity contribution in [1.29, 1.82) is 0 Å². The zero-order valence-electron chi connectivity index (χ0n) is 8.50. The van der Waals surface area contributed by atoms with Crippen molar-refractivity contribution >= 4 is 41.7 Å². The van der Waals surface area contributed by atoms with Crippen LogP contribution in [0.3, 0.4) is 0 Å². The highest BCUT2D eigenvalue weighted by atomic mass is 35.5. The highest BCUT2D eigenvalue weighted by molar-refractivity contribution is 6.42. The molecule has 1 saturated heterocycles. The third kappa shape index (κ3) is 2.94. The molecule has 1 aliphatic heterocycles. The number of amides is 1. The van der Waals surface area contributed by atoms with Crippen LogP contribution in [0.2, 0.25) is 10.0 Å². The van der Waals surface area contributed by atoms with Gasteiger partial charge in [-0.1, -0.05) is 23.2 Å². The van der Waals surface area contributed by atoms with E-state index in [2.05, 4.69) is 5.32 Å². The van der Waals surface area contributed by atoms with E-state index >= 15 is 0 Å². The van der Waals surface area contributed by atoms with Gasteiger partial charge in [0, 0.05) is 12.0 Å². The number of carbonyl (C=O) groups excluding carboxylic acids is 1. The maximum absolute atomic E-state index is 13.6. The molecule has 0 aromatic heterocycles. The second-order valence-corrected chi connectivity index (χ2v) is 4.16. The Hall–Kier alpha value is -0.710. The summed E-state index contributed by atoms with van der Waals surface area (Å²) in [4.78, 5) is 11.0. The van der Waals surface area contributed by atoms with Gasteiger partial charge in [0.2, 0.25) is 0 Å². The molecule has 1 amide bonds. The summed E-state index contributed by atoms with van der Waals surface area (Å²) in [5, 5.41) is 2.89. The summed E-state index contributed by atoms with van der Waals surface area (Å²) >= 11 is 11.7. The van der Waals surface area contributed by atoms with Crippen LogP contribution >= 0.6 is 35.6 Å². The summed E-state index contributed by atoms with van der Waals surface area (Å²) in [6.45, 7) is 0.235. The van der Waals surface area contributed by atoms with E-state index in [-0.39, 0.29) is 34.6 Å². The molecule has 0 spiro atoms. The van der Waals surface area contributed by atoms with Gasteiger partial charge in [-0.3, -0.25) is 0 Å². The molecule has 0 bridgehead atoms. The van der Waals surface area contributed by atoms with Crippen molar-refractivity contribution in [3.8, 4) is 0 Å². The number of hydrogen-bond donors (Lipinski definition) is 1. The van der Waals surface area contributed by atoms with Crippen LogP contribution in [0.5, 0.6) is 0 Å². The molecule has 3 nitrogen and oxygen atoms in total. The summed E-state index contributed by atoms with van der Waals surface area (Å²) in [5.41, 5.74) is 0.214. The Bertz CT molecular complexity index is 442. The summed E-state index contributed by atoms with van der Waals surface area (Å²) < 4.78 is 18.3. The standard InChI is InChI=1S/C10H8Cl2FNO2.ClH/c11-5-1-2-6(13)8(9(5)12)7-3-4-16-10(15)14-7;/h1-2,7H,3-4H2,(H,14,15);1H/t7-;/m1./s1. The van der Waals surface area contributed by atoms with E-state index in [1.807, 2.05) is 0 Å². The molecule has 1 aliphatic rings. The molecule has 0 radical (unpaired) electrons. The fraction of sp³-hybridized carbons (Fsp3) is 0.300. The quantitative estimate of drug-likeness (QED) is 0.803. The predicted molar refractivity (Wildman–Crippen MR) is 65.5 cm³/mol. The third-order valence-electron chi connectivity index (χ3n) is 2.36. The first-order valence-electron chi connectivity index (χ1n) is 4.66. The van der Waals surface area contributed by atoms with E-state index in [9.17, 15) is 9.18 Å². The van der Waals surface area contributed by atoms with Crippen molar-refractivity contribution in [2.75, 3.05) is 6.61 Å². The number of benzene rings is 1. The lowest BCUT2D eigenvalue weighted by atomic mass is 10.0. The molecule has 7 heteroatoms. The first-order chi connectivity index (χ1) is 7.59. The van der Waals surface area contributed by atoms with Crippen LogP contribution in [0.15, 0.2) is 12.1 Å². The Kier molecular flexibility index (Phi) is 4.86. The maximum Gasteiger partial charge on any atom is 0.407 e. The number of carbonyl (C=O) groups is 1. The molecule has 1 aromatic carbocycles. The molecule has 0 saturated carbocycles. The van der Waals surface area contributed by atoms with Gasteiger partial charge >= 0.3 is 6.09 Å². The number of halogens is 4. The lowest BCUT2D eigenvalue weighted by molar-refractivity contribution is 0.115. The molecule has 2 rings (SSSR count). The molecule has 94 valence electrons. The topological polar surface area (TPSA) is 38.3 Å². The van der Waals surface area contributed by atoms with Crippen LogP contribution in [-0.2, 0) is 4.74 Å². The van der Waals surface area contributed by atoms with Gasteiger partial charge in [0.05, 0.1) is 22.7 Å². The van der Waals surface area contributed by atoms with E-state index in [1.54, 1.807) is 0 Å². The molecule has 0 unspecified atom stereocenters. The van der Waals surface area contributed by atoms with Crippen LogP contribution in [0.1, 0.15) is 18.0 Å². The van der Waals surface area contributed by atoms with E-state index in [1.165, 1.54) is 12.1 Å². The highest BCUT2D eigenvalue weighted by Crippen LogP contribution is 2.34. The van der Waals surface area contributed by atoms with Gasteiger partial charge in [-0.2, -0.15) is 0 Å². The fourth-order valence-corrected chi connectivity index (χ4v) is 2.05. The molecule has 1 fully saturated rings. The Labute approximate surface area is 114 Å². The Morgan fingerprint density at radius 3 is 2.76 bits per heavy atom. The maximum atomic E-state index is 13.6. The molecular formula is C10H9Cl3FNO2. The lowest BCUT2D eigenvalue weighted by Gasteiger charge is -2.25. The summed E-state index contributed by atoms with van der Waals surface area (Å²) in [6, 6.07) is 2.11. The number of hydrogen-bond acceptors (Lipinski definition) is 2. The van der Waals surface area contributed by atoms with Gasteiger partial charge in [-0.25, -0.2) is 9.18 Å². The second-order valence-electron chi connectivity index (χ2n) is 3.38. The Morgan fingerprint density at radius 2 is 2.12 bits per heavy atom. The summed E-state index contributed by atoms with van der Waals surface area (Å²) in [6.07, 6.45) is -0.116. The zero-order chi connectivity index (χ0) is 11.7. The third-order valence-corrected chi connectivity index (χ3v) is 3.18. The molecule has 1 N–H and O–H groups in total. The molecule has 17 heavy (non-hydrogen) atoms. The van der Waals surface area contributed by atoms with Gasteiger partial charge in [-0.15, -0.1) is 12.4 Å². The van der Waals surface area contributed by atoms with Gasteiger partial charge in [0.1, 0.15) is 5.82 Å². The van der Waals surface area contributed by atoms with E-state index in [4.69, 9.17) is 27.9 Å². The zero-order valence-corrected chi connectivity index (χ0v) is 10.8. The van der Waals surface area contributed by atoms with Crippen molar-refractivity contribution < 1.29 is 13.9 Å². The van der Waals surface area contributed by atoms with Crippen molar-refractivity contribution in [3.63, 3.8) is 0 Å². The van der Waals surface area contributed by atoms with Gasteiger partial charge in [-0.05, 0) is 12.1 Å². The van der Waals surface area contributed by atoms with Gasteiger partial charge < -0.3 is 10.1 Å². The fourth-order valence-electron chi connectivity index (χ4n) is 1.60. The minimum Gasteiger partial charge on any atom is -0.449 e. The van der Waals surface area contributed by atoms with Crippen LogP contribution < -0.4 is 5.32 Å². The van der Waals surface area contributed by atoms with Crippen LogP contribution in [0.25, 0.3) is 0 Å². The Morgan fingerprint density at radius 1 is 1.41 bits per heavy atom. The van der Waals surface area contributed by atoms with Crippen LogP contribution in [-0.4, -0.2) is 12.7 Å². The number of cyclic esters (lactones) is 1. The minimum absolute atomic E-state index is 0. The molecule has 0 aliphatic carbocycles. The highest BCUT2D eigenvalue weighted by Gasteiger charge is 2.26. The van der Waals surface area contributed by atoms with E-state index in [0.717, 1.165) is 0 Å². The predicted octanol–water partition coefficient (Wildman–Crippen LogP) is 3.73.